The van der Waals surface area contributed by atoms with E-state index in [1.54, 1.807) is 23.1 Å². The number of hydrogen-bond acceptors (Lipinski definition) is 5. The molecule has 0 aromatic heterocycles. The van der Waals surface area contributed by atoms with Crippen LogP contribution >= 0.6 is 11.8 Å². The lowest BCUT2D eigenvalue weighted by Gasteiger charge is -2.17. The summed E-state index contributed by atoms with van der Waals surface area (Å²) in [5, 5.41) is 10.6. The lowest BCUT2D eigenvalue weighted by atomic mass is 10.1. The zero-order valence-electron chi connectivity index (χ0n) is 17.2. The number of ether oxygens (including phenoxy) is 1. The highest BCUT2D eigenvalue weighted by atomic mass is 32.2. The number of amidine groups is 1. The average molecular weight is 411 g/mol. The van der Waals surface area contributed by atoms with Crippen LogP contribution in [0, 0.1) is 12.8 Å². The first-order chi connectivity index (χ1) is 13.9. The average Bonchev–Trinajstić information content (AvgIpc) is 2.95. The third kappa shape index (κ3) is 5.21. The highest BCUT2D eigenvalue weighted by molar-refractivity contribution is 8.18. The summed E-state index contributed by atoms with van der Waals surface area (Å²) in [5.41, 5.74) is 2.79. The van der Waals surface area contributed by atoms with E-state index >= 15 is 0 Å². The number of thioether (sulfide) groups is 1. The Kier molecular flexibility index (Phi) is 6.64. The van der Waals surface area contributed by atoms with Gasteiger partial charge in [0.05, 0.1) is 17.2 Å². The van der Waals surface area contributed by atoms with E-state index in [1.165, 1.54) is 17.3 Å². The summed E-state index contributed by atoms with van der Waals surface area (Å²) in [6.45, 7) is 9.11. The molecule has 152 valence electrons. The number of rotatable bonds is 6. The van der Waals surface area contributed by atoms with Gasteiger partial charge < -0.3 is 9.84 Å². The molecule has 1 N–H and O–H groups in total. The summed E-state index contributed by atoms with van der Waals surface area (Å²) in [4.78, 5) is 20.1. The van der Waals surface area contributed by atoms with Crippen LogP contribution in [-0.4, -0.2) is 34.2 Å². The summed E-state index contributed by atoms with van der Waals surface area (Å²) in [5.74, 6) is 0.758. The van der Waals surface area contributed by atoms with Crippen molar-refractivity contribution in [2.45, 2.75) is 27.7 Å². The number of carbonyl (C=O) groups excluding carboxylic acids is 1. The fourth-order valence-corrected chi connectivity index (χ4v) is 3.90. The molecule has 1 amide bonds. The first kappa shape index (κ1) is 21.0. The fourth-order valence-electron chi connectivity index (χ4n) is 2.89. The lowest BCUT2D eigenvalue weighted by molar-refractivity contribution is -0.122. The second kappa shape index (κ2) is 9.18. The van der Waals surface area contributed by atoms with E-state index in [9.17, 15) is 9.90 Å². The van der Waals surface area contributed by atoms with Gasteiger partial charge in [0.1, 0.15) is 0 Å². The molecule has 1 fully saturated rings. The third-order valence-electron chi connectivity index (χ3n) is 4.28. The predicted molar refractivity (Wildman–Crippen MR) is 120 cm³/mol. The molecule has 1 aliphatic rings. The van der Waals surface area contributed by atoms with Crippen LogP contribution in [0.4, 0.5) is 5.69 Å². The zero-order chi connectivity index (χ0) is 21.0. The van der Waals surface area contributed by atoms with Crippen molar-refractivity contribution in [3.63, 3.8) is 0 Å². The van der Waals surface area contributed by atoms with E-state index in [0.717, 1.165) is 11.3 Å². The van der Waals surface area contributed by atoms with Crippen molar-refractivity contribution < 1.29 is 14.6 Å². The van der Waals surface area contributed by atoms with Crippen LogP contribution in [0.2, 0.25) is 0 Å². The van der Waals surface area contributed by atoms with Crippen LogP contribution in [0.3, 0.4) is 0 Å². The number of carbonyl (C=O) groups is 1. The summed E-state index contributed by atoms with van der Waals surface area (Å²) in [6.07, 6.45) is 1.82. The first-order valence-corrected chi connectivity index (χ1v) is 10.5. The number of hydrogen-bond donors (Lipinski definition) is 1. The molecule has 6 heteroatoms. The molecule has 0 saturated carbocycles. The molecular formula is C23H26N2O3S. The van der Waals surface area contributed by atoms with Crippen molar-refractivity contribution >= 4 is 34.6 Å². The Hall–Kier alpha value is -2.73. The number of benzene rings is 2. The van der Waals surface area contributed by atoms with E-state index < -0.39 is 0 Å². The Labute approximate surface area is 176 Å². The number of aliphatic imine (C=N–C) groups is 1. The van der Waals surface area contributed by atoms with Crippen LogP contribution < -0.4 is 4.74 Å². The molecule has 2 aromatic rings. The second-order valence-corrected chi connectivity index (χ2v) is 8.32. The van der Waals surface area contributed by atoms with Crippen molar-refractivity contribution in [3.8, 4) is 11.5 Å². The highest BCUT2D eigenvalue weighted by Gasteiger charge is 2.33. The molecule has 1 aliphatic heterocycles. The minimum Gasteiger partial charge on any atom is -0.504 e. The Bertz CT molecular complexity index is 949. The van der Waals surface area contributed by atoms with Crippen LogP contribution in [0.1, 0.15) is 31.9 Å². The van der Waals surface area contributed by atoms with Gasteiger partial charge >= 0.3 is 0 Å². The largest absolute Gasteiger partial charge is 0.504 e. The molecule has 0 spiro atoms. The van der Waals surface area contributed by atoms with Gasteiger partial charge in [-0.2, -0.15) is 0 Å². The number of phenolic OH excluding ortho intramolecular Hbond substituents is 1. The summed E-state index contributed by atoms with van der Waals surface area (Å²) in [7, 11) is 0. The number of aryl methyl sites for hydroxylation is 1. The summed E-state index contributed by atoms with van der Waals surface area (Å²) < 4.78 is 5.45. The third-order valence-corrected chi connectivity index (χ3v) is 5.28. The van der Waals surface area contributed by atoms with Crippen LogP contribution in [0.15, 0.2) is 52.4 Å². The molecule has 5 nitrogen and oxygen atoms in total. The minimum absolute atomic E-state index is 0.0550. The van der Waals surface area contributed by atoms with Gasteiger partial charge in [-0.05, 0) is 67.4 Å². The normalized spacial score (nSPS) is 17.0. The van der Waals surface area contributed by atoms with Crippen molar-refractivity contribution in [1.29, 1.82) is 0 Å². The maximum Gasteiger partial charge on any atom is 0.266 e. The fraction of sp³-hybridized carbons (Fsp3) is 0.304. The second-order valence-electron chi connectivity index (χ2n) is 7.31. The number of nitrogens with zero attached hydrogens (tertiary/aromatic N) is 2. The molecule has 0 unspecified atom stereocenters. The van der Waals surface area contributed by atoms with E-state index in [-0.39, 0.29) is 11.7 Å². The first-order valence-electron chi connectivity index (χ1n) is 9.70. The Morgan fingerprint density at radius 1 is 1.21 bits per heavy atom. The van der Waals surface area contributed by atoms with Gasteiger partial charge in [0.25, 0.3) is 5.91 Å². The maximum atomic E-state index is 13.1. The van der Waals surface area contributed by atoms with Gasteiger partial charge in [-0.3, -0.25) is 9.69 Å². The summed E-state index contributed by atoms with van der Waals surface area (Å²) >= 11 is 1.37. The molecule has 0 radical (unpaired) electrons. The van der Waals surface area contributed by atoms with E-state index in [1.807, 2.05) is 44.2 Å². The van der Waals surface area contributed by atoms with Gasteiger partial charge in [-0.1, -0.05) is 37.6 Å². The predicted octanol–water partition coefficient (Wildman–Crippen LogP) is 5.36. The van der Waals surface area contributed by atoms with Crippen molar-refractivity contribution in [2.75, 3.05) is 13.2 Å². The molecular weight excluding hydrogens is 384 g/mol. The Morgan fingerprint density at radius 3 is 2.59 bits per heavy atom. The van der Waals surface area contributed by atoms with Crippen LogP contribution in [-0.2, 0) is 4.79 Å². The van der Waals surface area contributed by atoms with Crippen LogP contribution in [0.25, 0.3) is 6.08 Å². The highest BCUT2D eigenvalue weighted by Crippen LogP contribution is 2.36. The Balaban J connectivity index is 1.94. The SMILES string of the molecule is CCOc1cc(/C=C2/SC(=Nc3ccc(C)cc3)N(CC(C)C)C2=O)ccc1O. The number of aromatic hydroxyl groups is 1. The molecule has 0 aliphatic carbocycles. The smallest absolute Gasteiger partial charge is 0.266 e. The quantitative estimate of drug-likeness (QED) is 0.651. The standard InChI is InChI=1S/C23H26N2O3S/c1-5-28-20-12-17(8-11-19(20)26)13-21-22(27)25(14-15(2)3)23(29-21)24-18-9-6-16(4)7-10-18/h6-13,15,26H,5,14H2,1-4H3/b21-13+,24-23?. The molecule has 2 aromatic carbocycles. The van der Waals surface area contributed by atoms with E-state index in [0.29, 0.717) is 34.9 Å². The van der Waals surface area contributed by atoms with Crippen LogP contribution in [0.5, 0.6) is 11.5 Å². The summed E-state index contributed by atoms with van der Waals surface area (Å²) in [6, 6.07) is 13.0. The van der Waals surface area contributed by atoms with Gasteiger partial charge in [0.2, 0.25) is 0 Å². The van der Waals surface area contributed by atoms with E-state index in [2.05, 4.69) is 13.8 Å². The van der Waals surface area contributed by atoms with Crippen molar-refractivity contribution in [2.24, 2.45) is 10.9 Å². The van der Waals surface area contributed by atoms with Gasteiger partial charge in [0.15, 0.2) is 16.7 Å². The van der Waals surface area contributed by atoms with Crippen molar-refractivity contribution in [3.05, 3.63) is 58.5 Å². The topological polar surface area (TPSA) is 62.1 Å². The minimum atomic E-state index is -0.0550. The van der Waals surface area contributed by atoms with Gasteiger partial charge in [-0.15, -0.1) is 0 Å². The maximum absolute atomic E-state index is 13.1. The monoisotopic (exact) mass is 410 g/mol. The zero-order valence-corrected chi connectivity index (χ0v) is 18.0. The Morgan fingerprint density at radius 2 is 1.93 bits per heavy atom. The van der Waals surface area contributed by atoms with Gasteiger partial charge in [0, 0.05) is 6.54 Å². The molecule has 1 heterocycles. The van der Waals surface area contributed by atoms with Crippen molar-refractivity contribution in [1.82, 2.24) is 4.90 Å². The number of amides is 1. The van der Waals surface area contributed by atoms with Gasteiger partial charge in [-0.25, -0.2) is 4.99 Å². The molecule has 0 bridgehead atoms. The molecule has 3 rings (SSSR count). The molecule has 29 heavy (non-hydrogen) atoms. The number of phenols is 1. The molecule has 1 saturated heterocycles. The molecule has 0 atom stereocenters. The van der Waals surface area contributed by atoms with E-state index in [4.69, 9.17) is 9.73 Å². The lowest BCUT2D eigenvalue weighted by Crippen LogP contribution is -2.32.